The molecule has 3 rings (SSSR count). The van der Waals surface area contributed by atoms with Gasteiger partial charge in [0.05, 0.1) is 12.1 Å². The highest BCUT2D eigenvalue weighted by Gasteiger charge is 2.26. The largest absolute Gasteiger partial charge is 0.345 e. The van der Waals surface area contributed by atoms with Gasteiger partial charge in [0.25, 0.3) is 5.91 Å². The lowest BCUT2D eigenvalue weighted by molar-refractivity contribution is 0.0948. The van der Waals surface area contributed by atoms with Crippen molar-refractivity contribution in [2.24, 2.45) is 0 Å². The Kier molecular flexibility index (Phi) is 3.64. The van der Waals surface area contributed by atoms with Crippen molar-refractivity contribution in [2.75, 3.05) is 0 Å². The molecule has 2 aromatic rings. The summed E-state index contributed by atoms with van der Waals surface area (Å²) >= 11 is 0. The van der Waals surface area contributed by atoms with Crippen LogP contribution in [0, 0.1) is 0 Å². The van der Waals surface area contributed by atoms with Gasteiger partial charge in [-0.25, -0.2) is 9.97 Å². The van der Waals surface area contributed by atoms with Crippen LogP contribution in [0.15, 0.2) is 18.7 Å². The van der Waals surface area contributed by atoms with Gasteiger partial charge in [0, 0.05) is 24.4 Å². The van der Waals surface area contributed by atoms with Crippen LogP contribution in [-0.4, -0.2) is 30.6 Å². The van der Waals surface area contributed by atoms with Crippen molar-refractivity contribution in [1.82, 2.24) is 30.0 Å². The molecule has 2 aromatic heterocycles. The molecule has 0 bridgehead atoms. The lowest BCUT2D eigenvalue weighted by Gasteiger charge is -2.10. The van der Waals surface area contributed by atoms with Crippen LogP contribution in [0.4, 0.5) is 0 Å². The maximum Gasteiger partial charge on any atom is 0.254 e. The van der Waals surface area contributed by atoms with Crippen molar-refractivity contribution in [1.29, 1.82) is 0 Å². The highest BCUT2D eigenvalue weighted by atomic mass is 16.1. The van der Waals surface area contributed by atoms with E-state index in [4.69, 9.17) is 0 Å². The minimum atomic E-state index is -0.198. The van der Waals surface area contributed by atoms with Crippen LogP contribution >= 0.6 is 0 Å². The lowest BCUT2D eigenvalue weighted by Crippen LogP contribution is -2.25. The van der Waals surface area contributed by atoms with E-state index in [0.29, 0.717) is 18.0 Å². The summed E-state index contributed by atoms with van der Waals surface area (Å²) in [5, 5.41) is 10.7. The van der Waals surface area contributed by atoms with Crippen LogP contribution < -0.4 is 5.32 Å². The van der Waals surface area contributed by atoms with Gasteiger partial charge < -0.3 is 9.88 Å². The molecule has 21 heavy (non-hydrogen) atoms. The van der Waals surface area contributed by atoms with Gasteiger partial charge in [-0.3, -0.25) is 4.79 Å². The minimum absolute atomic E-state index is 0.198. The predicted octanol–water partition coefficient (Wildman–Crippen LogP) is 1.46. The smallest absolute Gasteiger partial charge is 0.254 e. The zero-order valence-electron chi connectivity index (χ0n) is 12.2. The normalized spacial score (nSPS) is 14.4. The summed E-state index contributed by atoms with van der Waals surface area (Å²) in [5.74, 6) is 1.86. The first-order valence-corrected chi connectivity index (χ1v) is 7.13. The van der Waals surface area contributed by atoms with E-state index in [1.807, 2.05) is 18.4 Å². The minimum Gasteiger partial charge on any atom is -0.345 e. The molecule has 0 spiro atoms. The van der Waals surface area contributed by atoms with E-state index in [1.54, 1.807) is 18.7 Å². The number of nitrogens with zero attached hydrogens (tertiary/aromatic N) is 5. The van der Waals surface area contributed by atoms with E-state index in [1.165, 1.54) is 0 Å². The third kappa shape index (κ3) is 3.07. The Bertz CT molecular complexity index is 629. The van der Waals surface area contributed by atoms with Gasteiger partial charge in [0.1, 0.15) is 12.2 Å². The Morgan fingerprint density at radius 3 is 2.71 bits per heavy atom. The molecule has 0 unspecified atom stereocenters. The van der Waals surface area contributed by atoms with Crippen molar-refractivity contribution in [3.05, 3.63) is 35.9 Å². The molecule has 0 saturated heterocycles. The van der Waals surface area contributed by atoms with Crippen molar-refractivity contribution in [3.63, 3.8) is 0 Å². The van der Waals surface area contributed by atoms with Gasteiger partial charge in [0.2, 0.25) is 0 Å². The van der Waals surface area contributed by atoms with Crippen molar-refractivity contribution in [3.8, 4) is 0 Å². The number of hydrogen-bond donors (Lipinski definition) is 1. The van der Waals surface area contributed by atoms with Crippen LogP contribution in [0.5, 0.6) is 0 Å². The molecule has 7 heteroatoms. The number of carbonyl (C=O) groups is 1. The predicted molar refractivity (Wildman–Crippen MR) is 75.6 cm³/mol. The van der Waals surface area contributed by atoms with E-state index in [2.05, 4.69) is 25.5 Å². The summed E-state index contributed by atoms with van der Waals surface area (Å²) in [4.78, 5) is 20.6. The van der Waals surface area contributed by atoms with Crippen LogP contribution in [0.1, 0.15) is 60.7 Å². The quantitative estimate of drug-likeness (QED) is 0.899. The second-order valence-corrected chi connectivity index (χ2v) is 5.54. The average molecular weight is 286 g/mol. The molecule has 110 valence electrons. The van der Waals surface area contributed by atoms with Gasteiger partial charge in [-0.15, -0.1) is 10.2 Å². The second-order valence-electron chi connectivity index (χ2n) is 5.54. The molecule has 1 aliphatic rings. The van der Waals surface area contributed by atoms with E-state index in [9.17, 15) is 4.79 Å². The molecule has 0 atom stereocenters. The number of aromatic nitrogens is 5. The Morgan fingerprint density at radius 2 is 2.10 bits per heavy atom. The van der Waals surface area contributed by atoms with E-state index < -0.39 is 0 Å². The van der Waals surface area contributed by atoms with Crippen molar-refractivity contribution in [2.45, 2.75) is 45.2 Å². The van der Waals surface area contributed by atoms with Crippen LogP contribution in [-0.2, 0) is 6.54 Å². The third-order valence-corrected chi connectivity index (χ3v) is 3.49. The van der Waals surface area contributed by atoms with Crippen molar-refractivity contribution >= 4 is 5.91 Å². The van der Waals surface area contributed by atoms with Gasteiger partial charge in [-0.1, -0.05) is 0 Å². The molecule has 1 fully saturated rings. The van der Waals surface area contributed by atoms with Crippen LogP contribution in [0.25, 0.3) is 0 Å². The molecular formula is C14H18N6O. The first kappa shape index (κ1) is 13.7. The Morgan fingerprint density at radius 1 is 1.38 bits per heavy atom. The molecule has 2 heterocycles. The van der Waals surface area contributed by atoms with Gasteiger partial charge in [-0.05, 0) is 26.7 Å². The zero-order chi connectivity index (χ0) is 14.8. The topological polar surface area (TPSA) is 85.6 Å². The Hall–Kier alpha value is -2.31. The van der Waals surface area contributed by atoms with E-state index in [0.717, 1.165) is 24.5 Å². The fraction of sp³-hybridized carbons (Fsp3) is 0.500. The van der Waals surface area contributed by atoms with E-state index in [-0.39, 0.29) is 11.9 Å². The third-order valence-electron chi connectivity index (χ3n) is 3.49. The van der Waals surface area contributed by atoms with Gasteiger partial charge >= 0.3 is 0 Å². The second kappa shape index (κ2) is 5.59. The molecule has 7 nitrogen and oxygen atoms in total. The summed E-state index contributed by atoms with van der Waals surface area (Å²) < 4.78 is 1.92. The first-order valence-electron chi connectivity index (χ1n) is 7.13. The van der Waals surface area contributed by atoms with Gasteiger partial charge in [0.15, 0.2) is 5.82 Å². The molecule has 1 aliphatic carbocycles. The maximum atomic E-state index is 12.1. The number of carbonyl (C=O) groups excluding carboxylic acids is 1. The summed E-state index contributed by atoms with van der Waals surface area (Å²) in [6, 6.07) is 0.257. The molecule has 0 aromatic carbocycles. The highest BCUT2D eigenvalue weighted by Crippen LogP contribution is 2.37. The van der Waals surface area contributed by atoms with Crippen molar-refractivity contribution < 1.29 is 4.79 Å². The van der Waals surface area contributed by atoms with Crippen LogP contribution in [0.2, 0.25) is 0 Å². The Balaban J connectivity index is 1.61. The van der Waals surface area contributed by atoms with E-state index >= 15 is 0 Å². The maximum absolute atomic E-state index is 12.1. The SMILES string of the molecule is CC(C)n1cnnc1CNC(=O)c1cnc(C2CC2)nc1. The summed E-state index contributed by atoms with van der Waals surface area (Å²) in [7, 11) is 0. The number of amides is 1. The summed E-state index contributed by atoms with van der Waals surface area (Å²) in [6.45, 7) is 4.42. The number of nitrogens with one attached hydrogen (secondary N) is 1. The molecule has 0 aliphatic heterocycles. The zero-order valence-corrected chi connectivity index (χ0v) is 12.2. The molecular weight excluding hydrogens is 268 g/mol. The fourth-order valence-corrected chi connectivity index (χ4v) is 2.09. The first-order chi connectivity index (χ1) is 10.1. The fourth-order valence-electron chi connectivity index (χ4n) is 2.09. The average Bonchev–Trinajstić information content (AvgIpc) is 3.23. The number of hydrogen-bond acceptors (Lipinski definition) is 5. The standard InChI is InChI=1S/C14H18N6O/c1-9(2)20-8-18-19-12(20)7-17-14(21)11-5-15-13(16-6-11)10-3-4-10/h5-6,8-10H,3-4,7H2,1-2H3,(H,17,21). The monoisotopic (exact) mass is 286 g/mol. The molecule has 0 radical (unpaired) electrons. The number of rotatable bonds is 5. The lowest BCUT2D eigenvalue weighted by atomic mass is 10.3. The highest BCUT2D eigenvalue weighted by molar-refractivity contribution is 5.93. The Labute approximate surface area is 122 Å². The molecule has 1 amide bonds. The van der Waals surface area contributed by atoms with Crippen LogP contribution in [0.3, 0.4) is 0 Å². The summed E-state index contributed by atoms with van der Waals surface area (Å²) in [5.41, 5.74) is 0.468. The molecule has 1 N–H and O–H groups in total. The summed E-state index contributed by atoms with van der Waals surface area (Å²) in [6.07, 6.45) is 7.14. The van der Waals surface area contributed by atoms with Gasteiger partial charge in [-0.2, -0.15) is 0 Å². The molecule has 1 saturated carbocycles.